The van der Waals surface area contributed by atoms with Crippen molar-refractivity contribution in [1.29, 1.82) is 0 Å². The highest BCUT2D eigenvalue weighted by atomic mass is 16.5. The molecule has 1 saturated carbocycles. The van der Waals surface area contributed by atoms with Crippen molar-refractivity contribution >= 4 is 11.8 Å². The minimum Gasteiger partial charge on any atom is -0.377 e. The lowest BCUT2D eigenvalue weighted by molar-refractivity contribution is -0.156. The van der Waals surface area contributed by atoms with E-state index in [4.69, 9.17) is 10.5 Å². The Morgan fingerprint density at radius 3 is 2.52 bits per heavy atom. The number of nitrogens with zero attached hydrogens (tertiary/aromatic N) is 1. The number of morpholine rings is 1. The van der Waals surface area contributed by atoms with Gasteiger partial charge in [-0.2, -0.15) is 0 Å². The fraction of sp³-hybridized carbons (Fsp3) is 0.867. The first-order chi connectivity index (χ1) is 10.1. The van der Waals surface area contributed by atoms with E-state index in [0.29, 0.717) is 19.7 Å². The van der Waals surface area contributed by atoms with Crippen LogP contribution in [0.15, 0.2) is 0 Å². The molecule has 120 valence electrons. The van der Waals surface area contributed by atoms with Gasteiger partial charge in [-0.3, -0.25) is 9.59 Å². The second kappa shape index (κ2) is 7.22. The normalized spacial score (nSPS) is 26.0. The van der Waals surface area contributed by atoms with Gasteiger partial charge in [-0.25, -0.2) is 0 Å². The molecule has 1 heterocycles. The van der Waals surface area contributed by atoms with Gasteiger partial charge in [-0.05, 0) is 12.8 Å². The minimum atomic E-state index is -0.525. The molecule has 0 radical (unpaired) electrons. The molecule has 21 heavy (non-hydrogen) atoms. The van der Waals surface area contributed by atoms with Crippen LogP contribution in [-0.2, 0) is 14.3 Å². The quantitative estimate of drug-likeness (QED) is 0.732. The number of nitrogens with one attached hydrogen (secondary N) is 1. The molecule has 0 bridgehead atoms. The van der Waals surface area contributed by atoms with Gasteiger partial charge in [0.15, 0.2) is 0 Å². The molecular weight excluding hydrogens is 270 g/mol. The van der Waals surface area contributed by atoms with E-state index in [-0.39, 0.29) is 18.4 Å². The van der Waals surface area contributed by atoms with Crippen LogP contribution in [0.5, 0.6) is 0 Å². The molecule has 6 nitrogen and oxygen atoms in total. The maximum Gasteiger partial charge on any atom is 0.244 e. The number of amides is 2. The SMILES string of the molecule is CNC(=O)C1COCCN1C(=O)C1(CN)CCCCCC1. The number of ether oxygens (including phenoxy) is 1. The Bertz CT molecular complexity index is 378. The van der Waals surface area contributed by atoms with Crippen LogP contribution >= 0.6 is 0 Å². The van der Waals surface area contributed by atoms with Crippen molar-refractivity contribution in [2.24, 2.45) is 11.1 Å². The van der Waals surface area contributed by atoms with Crippen LogP contribution in [0.25, 0.3) is 0 Å². The Morgan fingerprint density at radius 2 is 1.95 bits per heavy atom. The summed E-state index contributed by atoms with van der Waals surface area (Å²) < 4.78 is 5.38. The molecule has 1 saturated heterocycles. The molecule has 2 aliphatic rings. The van der Waals surface area contributed by atoms with Gasteiger partial charge < -0.3 is 20.7 Å². The zero-order chi connectivity index (χ0) is 15.3. The first kappa shape index (κ1) is 16.2. The highest BCUT2D eigenvalue weighted by Gasteiger charge is 2.44. The van der Waals surface area contributed by atoms with Crippen LogP contribution in [0.2, 0.25) is 0 Å². The zero-order valence-corrected chi connectivity index (χ0v) is 12.9. The molecule has 1 atom stereocenters. The Labute approximate surface area is 126 Å². The third-order valence-electron chi connectivity index (χ3n) is 4.84. The van der Waals surface area contributed by atoms with Crippen molar-refractivity contribution in [2.45, 2.75) is 44.6 Å². The average Bonchev–Trinajstić information content (AvgIpc) is 2.80. The molecule has 2 rings (SSSR count). The van der Waals surface area contributed by atoms with E-state index in [1.165, 1.54) is 0 Å². The van der Waals surface area contributed by atoms with Gasteiger partial charge >= 0.3 is 0 Å². The van der Waals surface area contributed by atoms with Crippen LogP contribution in [0.4, 0.5) is 0 Å². The summed E-state index contributed by atoms with van der Waals surface area (Å²) in [5.41, 5.74) is 5.50. The highest BCUT2D eigenvalue weighted by molar-refractivity contribution is 5.90. The van der Waals surface area contributed by atoms with E-state index >= 15 is 0 Å². The van der Waals surface area contributed by atoms with Gasteiger partial charge in [0.2, 0.25) is 11.8 Å². The van der Waals surface area contributed by atoms with Crippen LogP contribution < -0.4 is 11.1 Å². The zero-order valence-electron chi connectivity index (χ0n) is 12.9. The van der Waals surface area contributed by atoms with Crippen molar-refractivity contribution in [1.82, 2.24) is 10.2 Å². The molecule has 2 amide bonds. The van der Waals surface area contributed by atoms with Crippen molar-refractivity contribution in [3.8, 4) is 0 Å². The van der Waals surface area contributed by atoms with Crippen LogP contribution in [0.3, 0.4) is 0 Å². The summed E-state index contributed by atoms with van der Waals surface area (Å²) in [5, 5.41) is 2.62. The van der Waals surface area contributed by atoms with Crippen molar-refractivity contribution in [2.75, 3.05) is 33.4 Å². The van der Waals surface area contributed by atoms with Crippen LogP contribution in [0, 0.1) is 5.41 Å². The number of carbonyl (C=O) groups is 2. The van der Waals surface area contributed by atoms with Crippen molar-refractivity contribution in [3.05, 3.63) is 0 Å². The predicted molar refractivity (Wildman–Crippen MR) is 79.6 cm³/mol. The molecule has 0 aromatic rings. The third-order valence-corrected chi connectivity index (χ3v) is 4.84. The number of hydrogen-bond donors (Lipinski definition) is 2. The number of nitrogens with two attached hydrogens (primary N) is 1. The number of carbonyl (C=O) groups excluding carboxylic acids is 2. The lowest BCUT2D eigenvalue weighted by Crippen LogP contribution is -2.60. The van der Waals surface area contributed by atoms with Gasteiger partial charge in [0.05, 0.1) is 18.6 Å². The van der Waals surface area contributed by atoms with Gasteiger partial charge in [0, 0.05) is 20.1 Å². The summed E-state index contributed by atoms with van der Waals surface area (Å²) in [5.74, 6) is -0.118. The summed E-state index contributed by atoms with van der Waals surface area (Å²) in [6.07, 6.45) is 6.07. The second-order valence-corrected chi connectivity index (χ2v) is 6.10. The molecule has 3 N–H and O–H groups in total. The molecular formula is C15H27N3O3. The second-order valence-electron chi connectivity index (χ2n) is 6.10. The van der Waals surface area contributed by atoms with Crippen molar-refractivity contribution < 1.29 is 14.3 Å². The summed E-state index contributed by atoms with van der Waals surface area (Å²) in [6, 6.07) is -0.525. The molecule has 1 unspecified atom stereocenters. The Hall–Kier alpha value is -1.14. The number of rotatable bonds is 3. The summed E-state index contributed by atoms with van der Waals surface area (Å²) in [4.78, 5) is 26.8. The predicted octanol–water partition coefficient (Wildman–Crippen LogP) is 0.259. The topological polar surface area (TPSA) is 84.7 Å². The standard InChI is InChI=1S/C15H27N3O3/c1-17-13(19)12-10-21-9-8-18(12)14(20)15(11-16)6-4-2-3-5-7-15/h12H,2-11,16H2,1H3,(H,17,19). The maximum atomic E-state index is 13.1. The lowest BCUT2D eigenvalue weighted by Gasteiger charge is -2.41. The minimum absolute atomic E-state index is 0.0452. The van der Waals surface area contributed by atoms with Crippen LogP contribution in [-0.4, -0.2) is 56.1 Å². The van der Waals surface area contributed by atoms with E-state index < -0.39 is 11.5 Å². The Kier molecular flexibility index (Phi) is 5.58. The van der Waals surface area contributed by atoms with E-state index in [2.05, 4.69) is 5.32 Å². The maximum absolute atomic E-state index is 13.1. The fourth-order valence-electron chi connectivity index (χ4n) is 3.45. The van der Waals surface area contributed by atoms with E-state index in [9.17, 15) is 9.59 Å². The molecule has 6 heteroatoms. The van der Waals surface area contributed by atoms with Gasteiger partial charge in [-0.1, -0.05) is 25.7 Å². The van der Waals surface area contributed by atoms with E-state index in [1.807, 2.05) is 0 Å². The summed E-state index contributed by atoms with van der Waals surface area (Å²) >= 11 is 0. The number of likely N-dealkylation sites (N-methyl/N-ethyl adjacent to an activating group) is 1. The van der Waals surface area contributed by atoms with Gasteiger partial charge in [0.25, 0.3) is 0 Å². The molecule has 2 fully saturated rings. The highest BCUT2D eigenvalue weighted by Crippen LogP contribution is 2.36. The first-order valence-corrected chi connectivity index (χ1v) is 7.95. The largest absolute Gasteiger partial charge is 0.377 e. The fourth-order valence-corrected chi connectivity index (χ4v) is 3.45. The molecule has 1 aliphatic heterocycles. The van der Waals surface area contributed by atoms with E-state index in [0.717, 1.165) is 38.5 Å². The van der Waals surface area contributed by atoms with Crippen molar-refractivity contribution in [3.63, 3.8) is 0 Å². The summed E-state index contributed by atoms with van der Waals surface area (Å²) in [6.45, 7) is 1.59. The average molecular weight is 297 g/mol. The lowest BCUT2D eigenvalue weighted by atomic mass is 9.78. The molecule has 0 spiro atoms. The van der Waals surface area contributed by atoms with E-state index in [1.54, 1.807) is 11.9 Å². The monoisotopic (exact) mass is 297 g/mol. The third kappa shape index (κ3) is 3.37. The molecule has 0 aromatic carbocycles. The smallest absolute Gasteiger partial charge is 0.244 e. The Balaban J connectivity index is 2.19. The number of hydrogen-bond acceptors (Lipinski definition) is 4. The van der Waals surface area contributed by atoms with Gasteiger partial charge in [-0.15, -0.1) is 0 Å². The molecule has 0 aromatic heterocycles. The summed E-state index contributed by atoms with van der Waals surface area (Å²) in [7, 11) is 1.59. The van der Waals surface area contributed by atoms with Gasteiger partial charge in [0.1, 0.15) is 6.04 Å². The molecule has 1 aliphatic carbocycles. The Morgan fingerprint density at radius 1 is 1.29 bits per heavy atom. The van der Waals surface area contributed by atoms with Crippen LogP contribution in [0.1, 0.15) is 38.5 Å². The first-order valence-electron chi connectivity index (χ1n) is 7.95.